The van der Waals surface area contributed by atoms with E-state index in [1.807, 2.05) is 24.3 Å². The number of hydrogen-bond donors (Lipinski definition) is 0. The molecule has 0 unspecified atom stereocenters. The van der Waals surface area contributed by atoms with Crippen LogP contribution >= 0.6 is 10.0 Å². The van der Waals surface area contributed by atoms with Crippen LogP contribution in [0.2, 0.25) is 0 Å². The zero-order valence-electron chi connectivity index (χ0n) is 43.9. The number of hydrogen-bond acceptors (Lipinski definition) is 1. The Balaban J connectivity index is 1.05. The maximum absolute atomic E-state index is 7.33. The smallest absolute Gasteiger partial charge is 0.143 e. The van der Waals surface area contributed by atoms with Gasteiger partial charge in [0.05, 0.1) is 27.8 Å². The van der Waals surface area contributed by atoms with Crippen LogP contribution in [-0.2, 0) is 0 Å². The normalized spacial score (nSPS) is 12.1. The maximum Gasteiger partial charge on any atom is 0.143 e. The predicted molar refractivity (Wildman–Crippen MR) is 346 cm³/mol. The van der Waals surface area contributed by atoms with Crippen molar-refractivity contribution < 1.29 is 4.42 Å². The van der Waals surface area contributed by atoms with E-state index in [4.69, 9.17) is 43.6 Å². The van der Waals surface area contributed by atoms with Crippen LogP contribution in [0.3, 0.4) is 0 Å². The topological polar surface area (TPSA) is 23.0 Å². The minimum Gasteiger partial charge on any atom is -0.455 e. The van der Waals surface area contributed by atoms with Crippen LogP contribution < -0.4 is 27.3 Å². The van der Waals surface area contributed by atoms with Crippen molar-refractivity contribution >= 4 is 142 Å². The Morgan fingerprint density at radius 1 is 0.309 bits per heavy atom. The van der Waals surface area contributed by atoms with Gasteiger partial charge in [-0.1, -0.05) is 199 Å². The van der Waals surface area contributed by atoms with E-state index < -0.39 is 10.0 Å². The van der Waals surface area contributed by atoms with Gasteiger partial charge in [0.25, 0.3) is 0 Å². The van der Waals surface area contributed by atoms with Crippen molar-refractivity contribution in [3.63, 3.8) is 0 Å². The number of benzene rings is 12. The quantitative estimate of drug-likeness (QED) is 0.132. The van der Waals surface area contributed by atoms with E-state index in [2.05, 4.69) is 246 Å². The summed E-state index contributed by atoms with van der Waals surface area (Å²) in [6.45, 7) is 0. The van der Waals surface area contributed by atoms with Crippen LogP contribution in [0, 0.1) is 0 Å². The summed E-state index contributed by atoms with van der Waals surface area (Å²) in [7, 11) is 32.4. The van der Waals surface area contributed by atoms with Crippen molar-refractivity contribution in [2.75, 3.05) is 0 Å². The van der Waals surface area contributed by atoms with Crippen molar-refractivity contribution in [1.82, 2.24) is 9.13 Å². The third kappa shape index (κ3) is 7.38. The molecule has 3 aromatic heterocycles. The highest BCUT2D eigenvalue weighted by molar-refractivity contribution is 8.34. The number of furan rings is 1. The molecule has 81 heavy (non-hydrogen) atoms. The van der Waals surface area contributed by atoms with Crippen molar-refractivity contribution in [3.05, 3.63) is 261 Å². The van der Waals surface area contributed by atoms with Crippen LogP contribution in [0.5, 0.6) is 0 Å². The molecule has 3 nitrogen and oxygen atoms in total. The van der Waals surface area contributed by atoms with Gasteiger partial charge in [-0.05, 0) is 88.8 Å². The van der Waals surface area contributed by atoms with Crippen molar-refractivity contribution in [2.45, 2.75) is 19.6 Å². The Kier molecular flexibility index (Phi) is 11.6. The van der Waals surface area contributed by atoms with Crippen LogP contribution in [-0.4, -0.2) is 48.4 Å². The van der Waals surface area contributed by atoms with Crippen molar-refractivity contribution in [3.8, 4) is 44.8 Å². The first-order valence-corrected chi connectivity index (χ1v) is 28.6. The Labute approximate surface area is 477 Å². The summed E-state index contributed by atoms with van der Waals surface area (Å²) in [5.74, 6) is 0. The van der Waals surface area contributed by atoms with Crippen LogP contribution in [0.15, 0.2) is 285 Å². The maximum atomic E-state index is 7.33. The number of aromatic nitrogens is 2. The molecule has 9 heteroatoms. The lowest BCUT2D eigenvalue weighted by molar-refractivity contribution is 0.670. The standard InChI is InChI=1S/C72H43B5N2OS/c73-64-65(74)67(76)72(68(77)66(64)75)81(47-25-9-3-10-26-47,48-27-11-4-12-28-48)49-42-57(44-21-5-1-6-22-44)70(58(43-49)45-23-7-2-8-24-45)79-61-37-17-14-30-51(61)59-41-46(39-40-62(59)79)78-60-36-16-13-29-50(60)53-32-19-33-54(69(53)78)56-35-20-34-55-52-31-15-18-38-63(52)80-71(55)56/h1-43H. The lowest BCUT2D eigenvalue weighted by atomic mass is 9.62. The van der Waals surface area contributed by atoms with E-state index >= 15 is 0 Å². The summed E-state index contributed by atoms with van der Waals surface area (Å²) in [6, 6.07) is 92.8. The second kappa shape index (κ2) is 19.2. The third-order valence-electron chi connectivity index (χ3n) is 16.3. The van der Waals surface area contributed by atoms with Crippen LogP contribution in [0.1, 0.15) is 0 Å². The minimum absolute atomic E-state index is 0.168. The first-order valence-electron chi connectivity index (χ1n) is 27.0. The van der Waals surface area contributed by atoms with Crippen molar-refractivity contribution in [2.24, 2.45) is 0 Å². The molecule has 0 aliphatic carbocycles. The molecule has 15 rings (SSSR count). The summed E-state index contributed by atoms with van der Waals surface area (Å²) >= 11 is 0. The zero-order valence-corrected chi connectivity index (χ0v) is 44.7. The van der Waals surface area contributed by atoms with E-state index in [0.717, 1.165) is 120 Å². The van der Waals surface area contributed by atoms with Crippen LogP contribution in [0.4, 0.5) is 0 Å². The van der Waals surface area contributed by atoms with E-state index in [1.165, 1.54) is 5.39 Å². The van der Waals surface area contributed by atoms with E-state index in [0.29, 0.717) is 15.8 Å². The van der Waals surface area contributed by atoms with Gasteiger partial charge in [-0.3, -0.25) is 0 Å². The van der Waals surface area contributed by atoms with Gasteiger partial charge in [0.1, 0.15) is 50.4 Å². The van der Waals surface area contributed by atoms with E-state index in [1.54, 1.807) is 0 Å². The number of fused-ring (bicyclic) bond motifs is 9. The zero-order chi connectivity index (χ0) is 54.5. The van der Waals surface area contributed by atoms with E-state index in [-0.39, 0.29) is 16.4 Å². The highest BCUT2D eigenvalue weighted by Crippen LogP contribution is 2.73. The first-order chi connectivity index (χ1) is 39.8. The molecule has 10 radical (unpaired) electrons. The number of rotatable bonds is 9. The largest absolute Gasteiger partial charge is 0.455 e. The molecule has 0 N–H and O–H groups in total. The fraction of sp³-hybridized carbons (Fsp3) is 0. The Hall–Kier alpha value is -9.29. The molecule has 0 amide bonds. The summed E-state index contributed by atoms with van der Waals surface area (Å²) < 4.78 is 11.6. The molecule has 0 spiro atoms. The van der Waals surface area contributed by atoms with Gasteiger partial charge in [-0.2, -0.15) is 0 Å². The molecule has 0 saturated heterocycles. The van der Waals surface area contributed by atoms with Gasteiger partial charge in [-0.15, -0.1) is 26.4 Å². The Bertz CT molecular complexity index is 4870. The fourth-order valence-corrected chi connectivity index (χ4v) is 16.8. The molecule has 0 aliphatic rings. The molecule has 368 valence electrons. The second-order valence-corrected chi connectivity index (χ2v) is 23.7. The second-order valence-electron chi connectivity index (χ2n) is 20.6. The van der Waals surface area contributed by atoms with Gasteiger partial charge in [-0.25, -0.2) is 0 Å². The Morgan fingerprint density at radius 3 is 1.37 bits per heavy atom. The molecule has 0 saturated carbocycles. The lowest BCUT2D eigenvalue weighted by Crippen LogP contribution is -2.56. The summed E-state index contributed by atoms with van der Waals surface area (Å²) in [6.07, 6.45) is 0. The van der Waals surface area contributed by atoms with Crippen molar-refractivity contribution in [1.29, 1.82) is 0 Å². The summed E-state index contributed by atoms with van der Waals surface area (Å²) in [4.78, 5) is 3.61. The summed E-state index contributed by atoms with van der Waals surface area (Å²) in [5.41, 5.74) is 15.5. The molecule has 0 fully saturated rings. The number of para-hydroxylation sites is 5. The monoisotopic (exact) mass is 1040 g/mol. The molecule has 0 aliphatic heterocycles. The van der Waals surface area contributed by atoms with Gasteiger partial charge in [0.15, 0.2) is 0 Å². The predicted octanol–water partition coefficient (Wildman–Crippen LogP) is 14.1. The van der Waals surface area contributed by atoms with Gasteiger partial charge in [0, 0.05) is 74.9 Å². The molecular formula is C72H43B5N2OS. The SMILES string of the molecule is [B]c1c([B])c([B])c(S(c2ccccc2)(c2ccccc2)c2cc(-c3ccccc3)c(-n3c4ccccc4c4cc(-n5c6ccccc6c6cccc(-c7cccc8c7oc7ccccc78)c65)ccc43)c(-c3ccccc3)c2)c([B])c1[B]. The molecule has 15 aromatic rings. The molecule has 12 aromatic carbocycles. The third-order valence-corrected chi connectivity index (χ3v) is 20.2. The molecule has 3 heterocycles. The average molecular weight is 1040 g/mol. The van der Waals surface area contributed by atoms with Crippen LogP contribution in [0.25, 0.3) is 110 Å². The highest BCUT2D eigenvalue weighted by atomic mass is 32.3. The fourth-order valence-electron chi connectivity index (χ4n) is 12.7. The number of nitrogens with zero attached hydrogens (tertiary/aromatic N) is 2. The van der Waals surface area contributed by atoms with Gasteiger partial charge < -0.3 is 13.6 Å². The summed E-state index contributed by atoms with van der Waals surface area (Å²) in [5, 5.41) is 6.75. The van der Waals surface area contributed by atoms with Gasteiger partial charge >= 0.3 is 0 Å². The average Bonchev–Trinajstić information content (AvgIpc) is 4.33. The lowest BCUT2D eigenvalue weighted by Gasteiger charge is -2.46. The van der Waals surface area contributed by atoms with Gasteiger partial charge in [0.2, 0.25) is 0 Å². The highest BCUT2D eigenvalue weighted by Gasteiger charge is 2.38. The molecular weight excluding hydrogens is 995 g/mol. The first kappa shape index (κ1) is 48.8. The Morgan fingerprint density at radius 2 is 0.765 bits per heavy atom. The molecule has 0 bridgehead atoms. The minimum atomic E-state index is -2.66. The molecule has 0 atom stereocenters. The van der Waals surface area contributed by atoms with E-state index in [9.17, 15) is 0 Å².